The number of ether oxygens (including phenoxy) is 1. The number of benzene rings is 1. The standard InChI is InChI=1S/C25H23FN6O2/c1-15-3-5-19(6-4-15)32-24-22(23(29-32)18-10-30(11-18)25(33)16(2)26)21(7-8-27-24)17-9-28-31(12-17)20-13-34-14-20/h3-9,12,18,20H,2,10-11,13-14H2,1H3. The third kappa shape index (κ3) is 3.31. The summed E-state index contributed by atoms with van der Waals surface area (Å²) in [5.41, 5.74) is 5.57. The average Bonchev–Trinajstić information content (AvgIpc) is 3.38. The van der Waals surface area contributed by atoms with Crippen molar-refractivity contribution in [3.8, 4) is 16.8 Å². The van der Waals surface area contributed by atoms with Crippen LogP contribution in [0.15, 0.2) is 61.3 Å². The largest absolute Gasteiger partial charge is 0.377 e. The van der Waals surface area contributed by atoms with Crippen LogP contribution < -0.4 is 0 Å². The van der Waals surface area contributed by atoms with Crippen molar-refractivity contribution in [3.63, 3.8) is 0 Å². The molecule has 6 rings (SSSR count). The van der Waals surface area contributed by atoms with Gasteiger partial charge in [0.15, 0.2) is 11.5 Å². The second-order valence-corrected chi connectivity index (χ2v) is 8.90. The first-order chi connectivity index (χ1) is 16.5. The predicted molar refractivity (Wildman–Crippen MR) is 124 cm³/mol. The SMILES string of the molecule is C=C(F)C(=O)N1CC(c2nn(-c3ccc(C)cc3)c3nccc(-c4cnn(C5COC5)c4)c23)C1. The number of carbonyl (C=O) groups excluding carboxylic acids is 1. The zero-order valence-corrected chi connectivity index (χ0v) is 18.7. The van der Waals surface area contributed by atoms with Crippen LogP contribution in [0.4, 0.5) is 4.39 Å². The number of hydrogen-bond acceptors (Lipinski definition) is 5. The number of hydrogen-bond donors (Lipinski definition) is 0. The van der Waals surface area contributed by atoms with Crippen LogP contribution in [-0.2, 0) is 9.53 Å². The second-order valence-electron chi connectivity index (χ2n) is 8.90. The molecule has 172 valence electrons. The maximum Gasteiger partial charge on any atom is 0.282 e. The Kier molecular flexibility index (Phi) is 4.80. The number of aromatic nitrogens is 5. The van der Waals surface area contributed by atoms with Crippen LogP contribution in [0, 0.1) is 6.92 Å². The molecule has 5 heterocycles. The summed E-state index contributed by atoms with van der Waals surface area (Å²) in [6.45, 7) is 7.26. The summed E-state index contributed by atoms with van der Waals surface area (Å²) in [6.07, 6.45) is 5.66. The molecular weight excluding hydrogens is 435 g/mol. The number of pyridine rings is 1. The molecule has 0 unspecified atom stereocenters. The number of likely N-dealkylation sites (tertiary alicyclic amines) is 1. The van der Waals surface area contributed by atoms with Crippen LogP contribution in [0.2, 0.25) is 0 Å². The number of aryl methyl sites for hydroxylation is 1. The molecule has 1 amide bonds. The maximum absolute atomic E-state index is 13.4. The molecule has 8 nitrogen and oxygen atoms in total. The molecule has 2 aliphatic heterocycles. The van der Waals surface area contributed by atoms with Crippen molar-refractivity contribution in [1.82, 2.24) is 29.4 Å². The molecule has 2 fully saturated rings. The summed E-state index contributed by atoms with van der Waals surface area (Å²) in [4.78, 5) is 18.1. The summed E-state index contributed by atoms with van der Waals surface area (Å²) in [7, 11) is 0. The zero-order chi connectivity index (χ0) is 23.4. The van der Waals surface area contributed by atoms with E-state index >= 15 is 0 Å². The summed E-state index contributed by atoms with van der Waals surface area (Å²) in [5.74, 6) is -1.64. The lowest BCUT2D eigenvalue weighted by Crippen LogP contribution is -2.48. The monoisotopic (exact) mass is 458 g/mol. The first-order valence-corrected chi connectivity index (χ1v) is 11.2. The van der Waals surface area contributed by atoms with E-state index in [1.165, 1.54) is 4.90 Å². The third-order valence-electron chi connectivity index (χ3n) is 6.57. The van der Waals surface area contributed by atoms with Gasteiger partial charge in [-0.3, -0.25) is 9.48 Å². The summed E-state index contributed by atoms with van der Waals surface area (Å²) in [6, 6.07) is 10.3. The number of amides is 1. The Hall–Kier alpha value is -3.85. The Morgan fingerprint density at radius 1 is 1.18 bits per heavy atom. The van der Waals surface area contributed by atoms with Crippen LogP contribution in [0.25, 0.3) is 27.8 Å². The predicted octanol–water partition coefficient (Wildman–Crippen LogP) is 3.57. The fourth-order valence-electron chi connectivity index (χ4n) is 4.50. The highest BCUT2D eigenvalue weighted by atomic mass is 19.1. The average molecular weight is 458 g/mol. The maximum atomic E-state index is 13.4. The molecule has 0 N–H and O–H groups in total. The molecule has 3 aromatic heterocycles. The van der Waals surface area contributed by atoms with Crippen LogP contribution in [0.5, 0.6) is 0 Å². The van der Waals surface area contributed by atoms with E-state index in [9.17, 15) is 9.18 Å². The minimum Gasteiger partial charge on any atom is -0.377 e. The summed E-state index contributed by atoms with van der Waals surface area (Å²) in [5, 5.41) is 10.4. The first-order valence-electron chi connectivity index (χ1n) is 11.2. The summed E-state index contributed by atoms with van der Waals surface area (Å²) < 4.78 is 22.4. The van der Waals surface area contributed by atoms with Gasteiger partial charge in [-0.25, -0.2) is 14.1 Å². The number of fused-ring (bicyclic) bond motifs is 1. The summed E-state index contributed by atoms with van der Waals surface area (Å²) >= 11 is 0. The Morgan fingerprint density at radius 2 is 1.94 bits per heavy atom. The van der Waals surface area contributed by atoms with Crippen LogP contribution in [0.1, 0.15) is 23.2 Å². The van der Waals surface area contributed by atoms with Crippen molar-refractivity contribution in [1.29, 1.82) is 0 Å². The van der Waals surface area contributed by atoms with Gasteiger partial charge in [0.05, 0.1) is 42.2 Å². The van der Waals surface area contributed by atoms with Gasteiger partial charge in [-0.05, 0) is 30.7 Å². The Balaban J connectivity index is 1.47. The normalized spacial score (nSPS) is 16.5. The molecular formula is C25H23FN6O2. The minimum atomic E-state index is -0.941. The molecule has 1 aromatic carbocycles. The molecule has 0 radical (unpaired) electrons. The minimum absolute atomic E-state index is 0.0319. The Bertz CT molecular complexity index is 1410. The van der Waals surface area contributed by atoms with Crippen molar-refractivity contribution < 1.29 is 13.9 Å². The lowest BCUT2D eigenvalue weighted by molar-refractivity contribution is -0.133. The fourth-order valence-corrected chi connectivity index (χ4v) is 4.50. The number of carbonyl (C=O) groups is 1. The van der Waals surface area contributed by atoms with Gasteiger partial charge < -0.3 is 9.64 Å². The van der Waals surface area contributed by atoms with Gasteiger partial charge in [-0.2, -0.15) is 10.2 Å². The van der Waals surface area contributed by atoms with E-state index in [1.54, 1.807) is 6.20 Å². The van der Waals surface area contributed by atoms with E-state index in [-0.39, 0.29) is 12.0 Å². The molecule has 4 aromatic rings. The number of halogens is 1. The van der Waals surface area contributed by atoms with Gasteiger partial charge in [0.25, 0.3) is 5.91 Å². The van der Waals surface area contributed by atoms with E-state index in [0.717, 1.165) is 39.1 Å². The Labute approximate surface area is 195 Å². The molecule has 0 spiro atoms. The van der Waals surface area contributed by atoms with Crippen molar-refractivity contribution in [2.45, 2.75) is 18.9 Å². The van der Waals surface area contributed by atoms with E-state index in [0.29, 0.717) is 26.3 Å². The molecule has 0 saturated carbocycles. The molecule has 34 heavy (non-hydrogen) atoms. The van der Waals surface area contributed by atoms with Gasteiger partial charge in [0.2, 0.25) is 0 Å². The third-order valence-corrected chi connectivity index (χ3v) is 6.57. The molecule has 9 heteroatoms. The fraction of sp³-hybridized carbons (Fsp3) is 0.280. The number of nitrogens with zero attached hydrogens (tertiary/aromatic N) is 6. The molecule has 2 saturated heterocycles. The van der Waals surface area contributed by atoms with E-state index in [1.807, 2.05) is 59.0 Å². The molecule has 0 atom stereocenters. The van der Waals surface area contributed by atoms with Crippen LogP contribution >= 0.6 is 0 Å². The highest BCUT2D eigenvalue weighted by Gasteiger charge is 2.37. The smallest absolute Gasteiger partial charge is 0.282 e. The molecule has 0 aliphatic carbocycles. The van der Waals surface area contributed by atoms with Crippen molar-refractivity contribution in [2.24, 2.45) is 0 Å². The van der Waals surface area contributed by atoms with E-state index < -0.39 is 11.7 Å². The zero-order valence-electron chi connectivity index (χ0n) is 18.7. The molecule has 0 bridgehead atoms. The van der Waals surface area contributed by atoms with Gasteiger partial charge in [-0.1, -0.05) is 24.3 Å². The molecule has 2 aliphatic rings. The van der Waals surface area contributed by atoms with Crippen LogP contribution in [-0.4, -0.2) is 61.7 Å². The lowest BCUT2D eigenvalue weighted by Gasteiger charge is -2.38. The highest BCUT2D eigenvalue weighted by Crippen LogP contribution is 2.38. The second kappa shape index (κ2) is 7.88. The van der Waals surface area contributed by atoms with Gasteiger partial charge in [-0.15, -0.1) is 0 Å². The van der Waals surface area contributed by atoms with E-state index in [2.05, 4.69) is 16.7 Å². The van der Waals surface area contributed by atoms with Crippen molar-refractivity contribution in [3.05, 3.63) is 72.6 Å². The Morgan fingerprint density at radius 3 is 2.62 bits per heavy atom. The van der Waals surface area contributed by atoms with Crippen molar-refractivity contribution in [2.75, 3.05) is 26.3 Å². The quantitative estimate of drug-likeness (QED) is 0.427. The topological polar surface area (TPSA) is 78.1 Å². The first kappa shape index (κ1) is 20.7. The lowest BCUT2D eigenvalue weighted by atomic mass is 9.92. The van der Waals surface area contributed by atoms with Gasteiger partial charge >= 0.3 is 0 Å². The van der Waals surface area contributed by atoms with Crippen LogP contribution in [0.3, 0.4) is 0 Å². The van der Waals surface area contributed by atoms with Gasteiger partial charge in [0.1, 0.15) is 0 Å². The number of rotatable bonds is 5. The highest BCUT2D eigenvalue weighted by molar-refractivity contribution is 5.96. The van der Waals surface area contributed by atoms with E-state index in [4.69, 9.17) is 9.84 Å². The van der Waals surface area contributed by atoms with Crippen molar-refractivity contribution >= 4 is 16.9 Å². The van der Waals surface area contributed by atoms with Gasteiger partial charge in [0, 0.05) is 37.0 Å².